The maximum Gasteiger partial charge on any atom is 0.400 e. The van der Waals surface area contributed by atoms with E-state index in [-0.39, 0.29) is 13.0 Å². The van der Waals surface area contributed by atoms with Crippen molar-refractivity contribution in [3.63, 3.8) is 0 Å². The van der Waals surface area contributed by atoms with Gasteiger partial charge in [-0.25, -0.2) is 0 Å². The van der Waals surface area contributed by atoms with Gasteiger partial charge in [0.15, 0.2) is 0 Å². The van der Waals surface area contributed by atoms with Crippen LogP contribution in [0, 0.1) is 0 Å². The van der Waals surface area contributed by atoms with E-state index >= 15 is 0 Å². The largest absolute Gasteiger partial charge is 0.400 e. The third-order valence-corrected chi connectivity index (χ3v) is 3.74. The summed E-state index contributed by atoms with van der Waals surface area (Å²) in [6, 6.07) is 6.48. The average molecular weight is 270 g/mol. The first-order chi connectivity index (χ1) is 7.45. The zero-order valence-electron chi connectivity index (χ0n) is 8.30. The van der Waals surface area contributed by atoms with Crippen molar-refractivity contribution >= 4 is 23.4 Å². The molecule has 2 N–H and O–H groups in total. The Balaban J connectivity index is 2.80. The third-order valence-electron chi connectivity index (χ3n) is 1.90. The average Bonchev–Trinajstić information content (AvgIpc) is 2.19. The normalized spacial score (nSPS) is 13.8. The Morgan fingerprint density at radius 3 is 2.44 bits per heavy atom. The summed E-state index contributed by atoms with van der Waals surface area (Å²) in [4.78, 5) is 0.431. The van der Waals surface area contributed by atoms with Crippen molar-refractivity contribution in [2.75, 3.05) is 6.54 Å². The van der Waals surface area contributed by atoms with E-state index in [0.29, 0.717) is 21.7 Å². The topological polar surface area (TPSA) is 26.0 Å². The van der Waals surface area contributed by atoms with Gasteiger partial charge in [0.2, 0.25) is 0 Å². The zero-order chi connectivity index (χ0) is 12.2. The van der Waals surface area contributed by atoms with Gasteiger partial charge < -0.3 is 5.73 Å². The summed E-state index contributed by atoms with van der Waals surface area (Å²) < 4.78 is 37.8. The molecule has 1 unspecified atom stereocenters. The highest BCUT2D eigenvalue weighted by atomic mass is 35.5. The van der Waals surface area contributed by atoms with E-state index < -0.39 is 11.4 Å². The molecule has 0 aliphatic rings. The van der Waals surface area contributed by atoms with Crippen molar-refractivity contribution < 1.29 is 13.2 Å². The molecule has 0 aromatic heterocycles. The molecule has 0 aliphatic carbocycles. The van der Waals surface area contributed by atoms with Crippen molar-refractivity contribution in [3.05, 3.63) is 29.3 Å². The van der Waals surface area contributed by atoms with Crippen LogP contribution in [0.3, 0.4) is 0 Å². The van der Waals surface area contributed by atoms with Gasteiger partial charge in [0.1, 0.15) is 5.25 Å². The van der Waals surface area contributed by atoms with Crippen LogP contribution in [0.2, 0.25) is 5.02 Å². The highest BCUT2D eigenvalue weighted by Gasteiger charge is 2.39. The lowest BCUT2D eigenvalue weighted by Gasteiger charge is -2.19. The quantitative estimate of drug-likeness (QED) is 0.843. The Kier molecular flexibility index (Phi) is 4.95. The van der Waals surface area contributed by atoms with E-state index in [4.69, 9.17) is 17.3 Å². The number of hydrogen-bond donors (Lipinski definition) is 1. The summed E-state index contributed by atoms with van der Waals surface area (Å²) in [5.74, 6) is 0. The summed E-state index contributed by atoms with van der Waals surface area (Å²) in [5.41, 5.74) is 5.17. The van der Waals surface area contributed by atoms with Crippen LogP contribution in [0.25, 0.3) is 0 Å². The second kappa shape index (κ2) is 5.80. The fraction of sp³-hybridized carbons (Fsp3) is 0.400. The van der Waals surface area contributed by atoms with Gasteiger partial charge >= 0.3 is 6.18 Å². The van der Waals surface area contributed by atoms with Crippen LogP contribution in [0.1, 0.15) is 6.42 Å². The number of thioether (sulfide) groups is 1. The number of hydrogen-bond acceptors (Lipinski definition) is 2. The lowest BCUT2D eigenvalue weighted by molar-refractivity contribution is -0.129. The van der Waals surface area contributed by atoms with Gasteiger partial charge in [0.25, 0.3) is 0 Å². The molecule has 0 bridgehead atoms. The summed E-state index contributed by atoms with van der Waals surface area (Å²) >= 11 is 6.51. The SMILES string of the molecule is NCCC(Sc1ccccc1Cl)C(F)(F)F. The molecular formula is C10H11ClF3NS. The van der Waals surface area contributed by atoms with E-state index in [2.05, 4.69) is 0 Å². The number of rotatable bonds is 4. The molecule has 90 valence electrons. The number of halogens is 4. The predicted molar refractivity (Wildman–Crippen MR) is 60.8 cm³/mol. The highest BCUT2D eigenvalue weighted by molar-refractivity contribution is 8.00. The molecule has 0 saturated heterocycles. The molecule has 1 aromatic rings. The maximum atomic E-state index is 12.6. The van der Waals surface area contributed by atoms with Gasteiger partial charge in [-0.1, -0.05) is 23.7 Å². The Hall–Kier alpha value is -0.390. The van der Waals surface area contributed by atoms with Crippen LogP contribution < -0.4 is 5.73 Å². The Morgan fingerprint density at radius 1 is 1.31 bits per heavy atom. The maximum absolute atomic E-state index is 12.6. The van der Waals surface area contributed by atoms with Gasteiger partial charge in [0, 0.05) is 4.90 Å². The number of benzene rings is 1. The first kappa shape index (κ1) is 13.7. The second-order valence-corrected chi connectivity index (χ2v) is 4.81. The molecule has 1 rings (SSSR count). The minimum Gasteiger partial charge on any atom is -0.330 e. The van der Waals surface area contributed by atoms with Gasteiger partial charge in [-0.3, -0.25) is 0 Å². The molecule has 0 radical (unpaired) electrons. The fourth-order valence-electron chi connectivity index (χ4n) is 1.13. The van der Waals surface area contributed by atoms with Crippen molar-refractivity contribution in [3.8, 4) is 0 Å². The van der Waals surface area contributed by atoms with Crippen molar-refractivity contribution in [2.24, 2.45) is 5.73 Å². The van der Waals surface area contributed by atoms with Gasteiger partial charge in [-0.2, -0.15) is 13.2 Å². The van der Waals surface area contributed by atoms with Gasteiger partial charge in [-0.05, 0) is 25.1 Å². The molecule has 16 heavy (non-hydrogen) atoms. The fourth-order valence-corrected chi connectivity index (χ4v) is 2.44. The van der Waals surface area contributed by atoms with Gasteiger partial charge in [0.05, 0.1) is 5.02 Å². The van der Waals surface area contributed by atoms with Crippen LogP contribution in [0.5, 0.6) is 0 Å². The first-order valence-electron chi connectivity index (χ1n) is 4.63. The van der Waals surface area contributed by atoms with Crippen LogP contribution in [0.4, 0.5) is 13.2 Å². The van der Waals surface area contributed by atoms with Crippen LogP contribution >= 0.6 is 23.4 Å². The predicted octanol–water partition coefficient (Wildman–Crippen LogP) is 3.71. The minimum absolute atomic E-state index is 0.00162. The molecule has 1 atom stereocenters. The molecular weight excluding hydrogens is 259 g/mol. The van der Waals surface area contributed by atoms with E-state index in [1.165, 1.54) is 0 Å². The smallest absolute Gasteiger partial charge is 0.330 e. The molecule has 6 heteroatoms. The van der Waals surface area contributed by atoms with E-state index in [1.807, 2.05) is 0 Å². The van der Waals surface area contributed by atoms with Crippen molar-refractivity contribution in [1.29, 1.82) is 0 Å². The second-order valence-electron chi connectivity index (χ2n) is 3.16. The van der Waals surface area contributed by atoms with E-state index in [1.54, 1.807) is 24.3 Å². The Bertz CT molecular complexity index is 343. The number of alkyl halides is 3. The lowest BCUT2D eigenvalue weighted by Crippen LogP contribution is -2.28. The van der Waals surface area contributed by atoms with Crippen LogP contribution in [-0.4, -0.2) is 18.0 Å². The number of nitrogens with two attached hydrogens (primary N) is 1. The molecule has 1 nitrogen and oxygen atoms in total. The summed E-state index contributed by atoms with van der Waals surface area (Å²) in [7, 11) is 0. The zero-order valence-corrected chi connectivity index (χ0v) is 9.87. The van der Waals surface area contributed by atoms with Crippen LogP contribution in [0.15, 0.2) is 29.2 Å². The van der Waals surface area contributed by atoms with Gasteiger partial charge in [-0.15, -0.1) is 11.8 Å². The Morgan fingerprint density at radius 2 is 1.94 bits per heavy atom. The first-order valence-corrected chi connectivity index (χ1v) is 5.89. The monoisotopic (exact) mass is 269 g/mol. The highest BCUT2D eigenvalue weighted by Crippen LogP contribution is 2.39. The summed E-state index contributed by atoms with van der Waals surface area (Å²) in [6.07, 6.45) is -4.37. The van der Waals surface area contributed by atoms with E-state index in [0.717, 1.165) is 0 Å². The molecule has 1 aromatic carbocycles. The third kappa shape index (κ3) is 3.88. The van der Waals surface area contributed by atoms with Crippen molar-refractivity contribution in [1.82, 2.24) is 0 Å². The summed E-state index contributed by atoms with van der Waals surface area (Å²) in [6.45, 7) is 0.00162. The van der Waals surface area contributed by atoms with Crippen molar-refractivity contribution in [2.45, 2.75) is 22.7 Å². The molecule has 0 aliphatic heterocycles. The lowest BCUT2D eigenvalue weighted by atomic mass is 10.3. The molecule has 0 saturated carbocycles. The summed E-state index contributed by atoms with van der Waals surface area (Å²) in [5, 5.41) is -1.17. The molecule has 0 fully saturated rings. The molecule has 0 amide bonds. The van der Waals surface area contributed by atoms with E-state index in [9.17, 15) is 13.2 Å². The molecule has 0 heterocycles. The minimum atomic E-state index is -4.26. The van der Waals surface area contributed by atoms with Crippen LogP contribution in [-0.2, 0) is 0 Å². The molecule has 0 spiro atoms. The Labute approximate surface area is 101 Å². The standard InChI is InChI=1S/C10H11ClF3NS/c11-7-3-1-2-4-8(7)16-9(5-6-15)10(12,13)14/h1-4,9H,5-6,15H2.